The van der Waals surface area contributed by atoms with E-state index in [0.717, 1.165) is 12.1 Å². The Bertz CT molecular complexity index is 820. The number of rotatable bonds is 2. The first-order valence-corrected chi connectivity index (χ1v) is 8.51. The van der Waals surface area contributed by atoms with Crippen LogP contribution in [0.5, 0.6) is 0 Å². The van der Waals surface area contributed by atoms with Gasteiger partial charge in [-0.1, -0.05) is 0 Å². The van der Waals surface area contributed by atoms with E-state index in [1.54, 1.807) is 0 Å². The zero-order chi connectivity index (χ0) is 15.9. The molecule has 0 bridgehead atoms. The molecule has 0 atom stereocenters. The lowest BCUT2D eigenvalue weighted by Crippen LogP contribution is -2.48. The van der Waals surface area contributed by atoms with Crippen LogP contribution in [0, 0.1) is 11.6 Å². The van der Waals surface area contributed by atoms with Crippen LogP contribution in [-0.4, -0.2) is 55.1 Å². The van der Waals surface area contributed by atoms with E-state index in [4.69, 9.17) is 0 Å². The molecule has 0 radical (unpaired) electrons. The lowest BCUT2D eigenvalue weighted by atomic mass is 10.2. The average molecular weight is 328 g/mol. The summed E-state index contributed by atoms with van der Waals surface area (Å²) in [6.45, 7) is 1.65. The van der Waals surface area contributed by atoms with Gasteiger partial charge in [0.05, 0.1) is 23.5 Å². The zero-order valence-corrected chi connectivity index (χ0v) is 12.6. The number of benzene rings is 1. The van der Waals surface area contributed by atoms with Crippen molar-refractivity contribution >= 4 is 26.9 Å². The van der Waals surface area contributed by atoms with Gasteiger partial charge in [-0.15, -0.1) is 0 Å². The molecule has 0 spiro atoms. The minimum atomic E-state index is -3.20. The first-order valence-electron chi connectivity index (χ1n) is 6.66. The minimum Gasteiger partial charge on any atom is -0.353 e. The number of hydrogen-bond acceptors (Lipinski definition) is 5. The van der Waals surface area contributed by atoms with E-state index in [1.807, 2.05) is 4.90 Å². The lowest BCUT2D eigenvalue weighted by Gasteiger charge is -2.33. The van der Waals surface area contributed by atoms with Crippen LogP contribution in [0.15, 0.2) is 18.3 Å². The Morgan fingerprint density at radius 1 is 1.05 bits per heavy atom. The maximum absolute atomic E-state index is 13.3. The third-order valence-corrected chi connectivity index (χ3v) is 4.91. The fourth-order valence-corrected chi connectivity index (χ4v) is 3.23. The third kappa shape index (κ3) is 2.86. The number of anilines is 1. The third-order valence-electron chi connectivity index (χ3n) is 3.60. The normalized spacial score (nSPS) is 17.1. The Kier molecular flexibility index (Phi) is 3.69. The predicted octanol–water partition coefficient (Wildman–Crippen LogP) is 0.990. The second kappa shape index (κ2) is 5.40. The van der Waals surface area contributed by atoms with Crippen molar-refractivity contribution in [3.63, 3.8) is 0 Å². The van der Waals surface area contributed by atoms with Crippen LogP contribution in [0.3, 0.4) is 0 Å². The van der Waals surface area contributed by atoms with E-state index in [0.29, 0.717) is 32.0 Å². The van der Waals surface area contributed by atoms with Crippen LogP contribution in [-0.2, 0) is 10.0 Å². The van der Waals surface area contributed by atoms with Crippen molar-refractivity contribution in [1.82, 2.24) is 14.3 Å². The average Bonchev–Trinajstić information content (AvgIpc) is 2.47. The van der Waals surface area contributed by atoms with Crippen LogP contribution in [0.2, 0.25) is 0 Å². The van der Waals surface area contributed by atoms with Crippen LogP contribution in [0.1, 0.15) is 0 Å². The fraction of sp³-hybridized carbons (Fsp3) is 0.385. The number of piperazine rings is 1. The van der Waals surface area contributed by atoms with Gasteiger partial charge in [0, 0.05) is 38.3 Å². The lowest BCUT2D eigenvalue weighted by molar-refractivity contribution is 0.387. The Hall–Kier alpha value is -1.87. The van der Waals surface area contributed by atoms with E-state index in [1.165, 1.54) is 16.8 Å². The van der Waals surface area contributed by atoms with E-state index < -0.39 is 21.7 Å². The molecule has 0 unspecified atom stereocenters. The van der Waals surface area contributed by atoms with Gasteiger partial charge in [-0.2, -0.15) is 4.31 Å². The molecule has 1 fully saturated rings. The molecule has 6 nitrogen and oxygen atoms in total. The fourth-order valence-electron chi connectivity index (χ4n) is 2.40. The van der Waals surface area contributed by atoms with Crippen molar-refractivity contribution in [2.45, 2.75) is 0 Å². The van der Waals surface area contributed by atoms with E-state index in [9.17, 15) is 17.2 Å². The molecule has 9 heteroatoms. The number of fused-ring (bicyclic) bond motifs is 1. The highest BCUT2D eigenvalue weighted by Crippen LogP contribution is 2.20. The monoisotopic (exact) mass is 328 g/mol. The number of nitrogens with zero attached hydrogens (tertiary/aromatic N) is 4. The van der Waals surface area contributed by atoms with E-state index in [-0.39, 0.29) is 11.0 Å². The first-order chi connectivity index (χ1) is 10.3. The largest absolute Gasteiger partial charge is 0.353 e. The molecule has 2 heterocycles. The van der Waals surface area contributed by atoms with Crippen molar-refractivity contribution in [3.8, 4) is 0 Å². The van der Waals surface area contributed by atoms with Gasteiger partial charge in [0.15, 0.2) is 11.6 Å². The number of hydrogen-bond donors (Lipinski definition) is 0. The number of halogens is 2. The Balaban J connectivity index is 1.84. The van der Waals surface area contributed by atoms with Crippen LogP contribution in [0.4, 0.5) is 14.6 Å². The summed E-state index contributed by atoms with van der Waals surface area (Å²) in [4.78, 5) is 10.2. The number of sulfonamides is 1. The van der Waals surface area contributed by atoms with Gasteiger partial charge in [0.2, 0.25) is 10.0 Å². The Morgan fingerprint density at radius 2 is 1.64 bits per heavy atom. The molecule has 1 aliphatic heterocycles. The van der Waals surface area contributed by atoms with Crippen molar-refractivity contribution in [3.05, 3.63) is 30.0 Å². The smallest absolute Gasteiger partial charge is 0.211 e. The Morgan fingerprint density at radius 3 is 2.23 bits per heavy atom. The van der Waals surface area contributed by atoms with E-state index in [2.05, 4.69) is 9.97 Å². The van der Waals surface area contributed by atoms with E-state index >= 15 is 0 Å². The summed E-state index contributed by atoms with van der Waals surface area (Å²) in [7, 11) is -3.20. The standard InChI is InChI=1S/C13H14F2N4O2S/c1-22(20,21)19-4-2-18(3-5-19)13-8-16-11-6-9(14)10(15)7-12(11)17-13/h6-8H,2-5H2,1H3. The van der Waals surface area contributed by atoms with Crippen molar-refractivity contribution in [1.29, 1.82) is 0 Å². The molecule has 22 heavy (non-hydrogen) atoms. The quantitative estimate of drug-likeness (QED) is 0.822. The molecule has 0 saturated carbocycles. The van der Waals surface area contributed by atoms with Crippen molar-refractivity contribution in [2.24, 2.45) is 0 Å². The highest BCUT2D eigenvalue weighted by Gasteiger charge is 2.24. The van der Waals surface area contributed by atoms with Gasteiger partial charge in [-0.25, -0.2) is 22.2 Å². The molecule has 0 N–H and O–H groups in total. The second-order valence-corrected chi connectivity index (χ2v) is 7.11. The Labute approximate surface area is 126 Å². The molecule has 0 amide bonds. The first kappa shape index (κ1) is 15.0. The molecular formula is C13H14F2N4O2S. The van der Waals surface area contributed by atoms with Gasteiger partial charge >= 0.3 is 0 Å². The van der Waals surface area contributed by atoms with Crippen LogP contribution >= 0.6 is 0 Å². The predicted molar refractivity (Wildman–Crippen MR) is 78.1 cm³/mol. The van der Waals surface area contributed by atoms with Crippen LogP contribution in [0.25, 0.3) is 11.0 Å². The minimum absolute atomic E-state index is 0.266. The topological polar surface area (TPSA) is 66.4 Å². The zero-order valence-electron chi connectivity index (χ0n) is 11.8. The molecular weight excluding hydrogens is 314 g/mol. The molecule has 118 valence electrons. The molecule has 0 aliphatic carbocycles. The van der Waals surface area contributed by atoms with Crippen LogP contribution < -0.4 is 4.90 Å². The SMILES string of the molecule is CS(=O)(=O)N1CCN(c2cnc3cc(F)c(F)cc3n2)CC1. The second-order valence-electron chi connectivity index (χ2n) is 5.13. The molecule has 1 aromatic heterocycles. The summed E-state index contributed by atoms with van der Waals surface area (Å²) in [5.41, 5.74) is 0.541. The summed E-state index contributed by atoms with van der Waals surface area (Å²) in [5, 5.41) is 0. The highest BCUT2D eigenvalue weighted by molar-refractivity contribution is 7.88. The van der Waals surface area contributed by atoms with Gasteiger partial charge in [-0.05, 0) is 0 Å². The van der Waals surface area contributed by atoms with Gasteiger partial charge < -0.3 is 4.90 Å². The molecule has 1 aliphatic rings. The maximum atomic E-state index is 13.3. The summed E-state index contributed by atoms with van der Waals surface area (Å²) < 4.78 is 50.8. The van der Waals surface area contributed by atoms with Crippen molar-refractivity contribution in [2.75, 3.05) is 37.3 Å². The van der Waals surface area contributed by atoms with Gasteiger partial charge in [-0.3, -0.25) is 4.98 Å². The molecule has 1 aromatic carbocycles. The van der Waals surface area contributed by atoms with Gasteiger partial charge in [0.1, 0.15) is 5.82 Å². The summed E-state index contributed by atoms with van der Waals surface area (Å²) in [6, 6.07) is 2.01. The summed E-state index contributed by atoms with van der Waals surface area (Å²) in [5.74, 6) is -1.41. The number of aromatic nitrogens is 2. The highest BCUT2D eigenvalue weighted by atomic mass is 32.2. The van der Waals surface area contributed by atoms with Gasteiger partial charge in [0.25, 0.3) is 0 Å². The molecule has 3 rings (SSSR count). The summed E-state index contributed by atoms with van der Waals surface area (Å²) in [6.07, 6.45) is 2.66. The molecule has 2 aromatic rings. The maximum Gasteiger partial charge on any atom is 0.211 e. The summed E-state index contributed by atoms with van der Waals surface area (Å²) >= 11 is 0. The van der Waals surface area contributed by atoms with Crippen molar-refractivity contribution < 1.29 is 17.2 Å². The molecule has 1 saturated heterocycles.